The van der Waals surface area contributed by atoms with Gasteiger partial charge in [0.2, 0.25) is 5.91 Å². The van der Waals surface area contributed by atoms with Crippen LogP contribution in [-0.2, 0) is 4.79 Å². The van der Waals surface area contributed by atoms with E-state index in [-0.39, 0.29) is 11.8 Å². The molecule has 0 radical (unpaired) electrons. The van der Waals surface area contributed by atoms with E-state index in [0.717, 1.165) is 43.5 Å². The van der Waals surface area contributed by atoms with Crippen LogP contribution in [0.3, 0.4) is 0 Å². The number of ether oxygens (including phenoxy) is 1. The molecule has 152 valence electrons. The molecule has 0 unspecified atom stereocenters. The van der Waals surface area contributed by atoms with Crippen LogP contribution >= 0.6 is 0 Å². The van der Waals surface area contributed by atoms with Crippen molar-refractivity contribution in [3.63, 3.8) is 0 Å². The Hall–Kier alpha value is -2.82. The van der Waals surface area contributed by atoms with Crippen molar-refractivity contribution in [3.05, 3.63) is 54.1 Å². The van der Waals surface area contributed by atoms with Crippen LogP contribution < -0.4 is 4.74 Å². The first-order chi connectivity index (χ1) is 14.1. The fourth-order valence-electron chi connectivity index (χ4n) is 4.12. The Morgan fingerprint density at radius 1 is 1.07 bits per heavy atom. The van der Waals surface area contributed by atoms with Crippen LogP contribution in [0.15, 0.2) is 48.5 Å². The van der Waals surface area contributed by atoms with Crippen molar-refractivity contribution in [2.24, 2.45) is 11.8 Å². The van der Waals surface area contributed by atoms with Crippen molar-refractivity contribution in [1.29, 1.82) is 0 Å². The highest BCUT2D eigenvalue weighted by Crippen LogP contribution is 2.33. The van der Waals surface area contributed by atoms with Gasteiger partial charge in [0.15, 0.2) is 0 Å². The number of hydrogen-bond acceptors (Lipinski definition) is 3. The predicted molar refractivity (Wildman–Crippen MR) is 113 cm³/mol. The molecule has 1 aliphatic carbocycles. The van der Waals surface area contributed by atoms with Gasteiger partial charge in [-0.25, -0.2) is 0 Å². The fraction of sp³-hybridized carbons (Fsp3) is 0.417. The average molecular weight is 392 g/mol. The Balaban J connectivity index is 1.42. The lowest BCUT2D eigenvalue weighted by Gasteiger charge is -2.23. The number of amides is 2. The summed E-state index contributed by atoms with van der Waals surface area (Å²) >= 11 is 0. The number of methoxy groups -OCH3 is 1. The number of benzene rings is 2. The van der Waals surface area contributed by atoms with Gasteiger partial charge in [0.1, 0.15) is 5.75 Å². The van der Waals surface area contributed by atoms with E-state index < -0.39 is 0 Å². The van der Waals surface area contributed by atoms with E-state index in [1.807, 2.05) is 60.5 Å². The second-order valence-corrected chi connectivity index (χ2v) is 8.18. The molecule has 5 heteroatoms. The van der Waals surface area contributed by atoms with Gasteiger partial charge in [0.05, 0.1) is 12.7 Å². The predicted octanol–water partition coefficient (Wildman–Crippen LogP) is 3.69. The second-order valence-electron chi connectivity index (χ2n) is 8.18. The molecule has 2 aliphatic rings. The summed E-state index contributed by atoms with van der Waals surface area (Å²) in [6.07, 6.45) is 3.04. The molecule has 1 aliphatic heterocycles. The Kier molecular flexibility index (Phi) is 5.56. The quantitative estimate of drug-likeness (QED) is 0.753. The molecule has 29 heavy (non-hydrogen) atoms. The van der Waals surface area contributed by atoms with Crippen LogP contribution in [0.25, 0.3) is 11.1 Å². The van der Waals surface area contributed by atoms with Gasteiger partial charge in [-0.2, -0.15) is 0 Å². The molecule has 2 aromatic rings. The van der Waals surface area contributed by atoms with Gasteiger partial charge in [0, 0.05) is 32.6 Å². The summed E-state index contributed by atoms with van der Waals surface area (Å²) in [6.45, 7) is 2.23. The second kappa shape index (κ2) is 8.27. The summed E-state index contributed by atoms with van der Waals surface area (Å²) in [5, 5.41) is 0. The van der Waals surface area contributed by atoms with Crippen LogP contribution in [0.1, 0.15) is 29.6 Å². The summed E-state index contributed by atoms with van der Waals surface area (Å²) in [5.74, 6) is 1.44. The van der Waals surface area contributed by atoms with E-state index >= 15 is 0 Å². The number of hydrogen-bond donors (Lipinski definition) is 0. The van der Waals surface area contributed by atoms with Gasteiger partial charge in [-0.05, 0) is 48.4 Å². The topological polar surface area (TPSA) is 49.9 Å². The number of rotatable bonds is 6. The minimum atomic E-state index is -0.0477. The highest BCUT2D eigenvalue weighted by molar-refractivity contribution is 5.97. The van der Waals surface area contributed by atoms with Gasteiger partial charge in [-0.1, -0.05) is 36.4 Å². The van der Waals surface area contributed by atoms with E-state index in [1.165, 1.54) is 0 Å². The first kappa shape index (κ1) is 19.5. The van der Waals surface area contributed by atoms with Crippen molar-refractivity contribution in [3.8, 4) is 16.9 Å². The molecular weight excluding hydrogens is 364 g/mol. The number of likely N-dealkylation sites (tertiary alicyclic amines) is 1. The third kappa shape index (κ3) is 4.29. The van der Waals surface area contributed by atoms with Crippen LogP contribution in [0, 0.1) is 11.8 Å². The van der Waals surface area contributed by atoms with Crippen LogP contribution in [0.4, 0.5) is 0 Å². The summed E-state index contributed by atoms with van der Waals surface area (Å²) in [6, 6.07) is 15.8. The minimum Gasteiger partial charge on any atom is -0.496 e. The SMILES string of the molecule is COc1cc(-c2ccccc2)ccc1C(=O)N(C)C[C@@H]1CCN(C(=O)C2CC2)C1. The molecule has 0 N–H and O–H groups in total. The minimum absolute atomic E-state index is 0.0477. The molecule has 2 amide bonds. The smallest absolute Gasteiger partial charge is 0.257 e. The zero-order chi connectivity index (χ0) is 20.4. The van der Waals surface area contributed by atoms with Crippen LogP contribution in [0.5, 0.6) is 5.75 Å². The zero-order valence-corrected chi connectivity index (χ0v) is 17.1. The average Bonchev–Trinajstić information content (AvgIpc) is 3.51. The Bertz CT molecular complexity index is 892. The Morgan fingerprint density at radius 3 is 2.52 bits per heavy atom. The van der Waals surface area contributed by atoms with Gasteiger partial charge >= 0.3 is 0 Å². The Morgan fingerprint density at radius 2 is 1.83 bits per heavy atom. The van der Waals surface area contributed by atoms with Gasteiger partial charge in [-0.15, -0.1) is 0 Å². The maximum absolute atomic E-state index is 13.1. The zero-order valence-electron chi connectivity index (χ0n) is 17.1. The normalized spacial score (nSPS) is 18.6. The van der Waals surface area contributed by atoms with Crippen molar-refractivity contribution >= 4 is 11.8 Å². The van der Waals surface area contributed by atoms with E-state index in [4.69, 9.17) is 4.74 Å². The Labute approximate surface area is 172 Å². The molecule has 0 bridgehead atoms. The molecule has 5 nitrogen and oxygen atoms in total. The standard InChI is InChI=1S/C24H28N2O3/c1-25(15-17-12-13-26(16-17)23(27)19-8-9-19)24(28)21-11-10-20(14-22(21)29-2)18-6-4-3-5-7-18/h3-7,10-11,14,17,19H,8-9,12-13,15-16H2,1-2H3/t17-/m0/s1. The molecule has 0 spiro atoms. The van der Waals surface area contributed by atoms with Crippen molar-refractivity contribution in [2.45, 2.75) is 19.3 Å². The molecule has 1 saturated carbocycles. The van der Waals surface area contributed by atoms with Crippen molar-refractivity contribution in [1.82, 2.24) is 9.80 Å². The van der Waals surface area contributed by atoms with Crippen LogP contribution in [-0.4, -0.2) is 55.4 Å². The highest BCUT2D eigenvalue weighted by Gasteiger charge is 2.37. The third-order valence-electron chi connectivity index (χ3n) is 5.94. The lowest BCUT2D eigenvalue weighted by molar-refractivity contribution is -0.131. The largest absolute Gasteiger partial charge is 0.496 e. The number of carbonyl (C=O) groups is 2. The molecule has 4 rings (SSSR count). The van der Waals surface area contributed by atoms with E-state index in [1.54, 1.807) is 12.0 Å². The summed E-state index contributed by atoms with van der Waals surface area (Å²) in [4.78, 5) is 29.1. The maximum Gasteiger partial charge on any atom is 0.257 e. The monoisotopic (exact) mass is 392 g/mol. The molecular formula is C24H28N2O3. The molecule has 0 aromatic heterocycles. The van der Waals surface area contributed by atoms with Gasteiger partial charge in [-0.3, -0.25) is 9.59 Å². The van der Waals surface area contributed by atoms with Gasteiger partial charge in [0.25, 0.3) is 5.91 Å². The molecule has 1 saturated heterocycles. The van der Waals surface area contributed by atoms with Crippen molar-refractivity contribution < 1.29 is 14.3 Å². The molecule has 2 aromatic carbocycles. The summed E-state index contributed by atoms with van der Waals surface area (Å²) in [7, 11) is 3.43. The highest BCUT2D eigenvalue weighted by atomic mass is 16.5. The molecule has 1 atom stereocenters. The lowest BCUT2D eigenvalue weighted by Crippen LogP contribution is -2.35. The van der Waals surface area contributed by atoms with E-state index in [2.05, 4.69) is 0 Å². The van der Waals surface area contributed by atoms with Gasteiger partial charge < -0.3 is 14.5 Å². The number of carbonyl (C=O) groups excluding carboxylic acids is 2. The maximum atomic E-state index is 13.1. The van der Waals surface area contributed by atoms with E-state index in [9.17, 15) is 9.59 Å². The van der Waals surface area contributed by atoms with Crippen molar-refractivity contribution in [2.75, 3.05) is 33.8 Å². The number of nitrogens with zero attached hydrogens (tertiary/aromatic N) is 2. The lowest BCUT2D eigenvalue weighted by atomic mass is 10.0. The molecule has 1 heterocycles. The first-order valence-electron chi connectivity index (χ1n) is 10.3. The summed E-state index contributed by atoms with van der Waals surface area (Å²) < 4.78 is 5.53. The fourth-order valence-corrected chi connectivity index (χ4v) is 4.12. The first-order valence-corrected chi connectivity index (χ1v) is 10.3. The third-order valence-corrected chi connectivity index (χ3v) is 5.94. The van der Waals surface area contributed by atoms with E-state index in [0.29, 0.717) is 29.7 Å². The summed E-state index contributed by atoms with van der Waals surface area (Å²) in [5.41, 5.74) is 2.68. The molecule has 2 fully saturated rings. The van der Waals surface area contributed by atoms with Crippen LogP contribution in [0.2, 0.25) is 0 Å².